The molecule has 0 unspecified atom stereocenters. The van der Waals surface area contributed by atoms with Gasteiger partial charge in [-0.05, 0) is 62.1 Å². The zero-order valence-electron chi connectivity index (χ0n) is 15.2. The van der Waals surface area contributed by atoms with Crippen molar-refractivity contribution >= 4 is 10.9 Å². The van der Waals surface area contributed by atoms with Crippen molar-refractivity contribution in [1.29, 1.82) is 0 Å². The average molecular weight is 338 g/mol. The molecular formula is C21H26N2O2. The van der Waals surface area contributed by atoms with Gasteiger partial charge in [0.25, 0.3) is 0 Å². The van der Waals surface area contributed by atoms with Crippen molar-refractivity contribution in [2.75, 3.05) is 20.8 Å². The highest BCUT2D eigenvalue weighted by atomic mass is 16.5. The van der Waals surface area contributed by atoms with Crippen LogP contribution in [-0.2, 0) is 6.42 Å². The summed E-state index contributed by atoms with van der Waals surface area (Å²) < 4.78 is 11.0. The summed E-state index contributed by atoms with van der Waals surface area (Å²) in [6.45, 7) is 2.86. The standard InChI is InChI=1S/C21H26N2O2/c1-14-7-6-9-16-17(8-4-5-12-22)21(23-20(14)16)18-13-15(24-2)10-11-19(18)25-3/h6-7,9-11,13,23H,4-5,8,12,22H2,1-3H3. The van der Waals surface area contributed by atoms with Gasteiger partial charge in [0.2, 0.25) is 0 Å². The molecule has 3 rings (SSSR count). The second-order valence-corrected chi connectivity index (χ2v) is 6.29. The minimum Gasteiger partial charge on any atom is -0.497 e. The Bertz CT molecular complexity index is 868. The molecule has 132 valence electrons. The number of benzene rings is 2. The lowest BCUT2D eigenvalue weighted by atomic mass is 9.99. The zero-order valence-corrected chi connectivity index (χ0v) is 15.2. The van der Waals surface area contributed by atoms with Gasteiger partial charge in [0.1, 0.15) is 11.5 Å². The Morgan fingerprint density at radius 3 is 2.60 bits per heavy atom. The normalized spacial score (nSPS) is 11.0. The van der Waals surface area contributed by atoms with E-state index in [1.165, 1.54) is 22.0 Å². The van der Waals surface area contributed by atoms with E-state index in [1.807, 2.05) is 18.2 Å². The number of methoxy groups -OCH3 is 2. The maximum atomic E-state index is 5.69. The first-order chi connectivity index (χ1) is 12.2. The van der Waals surface area contributed by atoms with Crippen molar-refractivity contribution < 1.29 is 9.47 Å². The van der Waals surface area contributed by atoms with Crippen LogP contribution in [0.15, 0.2) is 36.4 Å². The van der Waals surface area contributed by atoms with Crippen LogP contribution in [0.25, 0.3) is 22.2 Å². The number of nitrogens with two attached hydrogens (primary N) is 1. The Balaban J connectivity index is 2.21. The number of aromatic amines is 1. The van der Waals surface area contributed by atoms with Crippen LogP contribution in [0.1, 0.15) is 24.0 Å². The van der Waals surface area contributed by atoms with Crippen LogP contribution in [0.3, 0.4) is 0 Å². The van der Waals surface area contributed by atoms with E-state index < -0.39 is 0 Å². The molecule has 3 N–H and O–H groups in total. The summed E-state index contributed by atoms with van der Waals surface area (Å²) in [6.07, 6.45) is 3.07. The number of ether oxygens (including phenoxy) is 2. The van der Waals surface area contributed by atoms with Crippen molar-refractivity contribution in [3.8, 4) is 22.8 Å². The van der Waals surface area contributed by atoms with Crippen LogP contribution < -0.4 is 15.2 Å². The lowest BCUT2D eigenvalue weighted by Gasteiger charge is -2.11. The summed E-state index contributed by atoms with van der Waals surface area (Å²) in [5, 5.41) is 1.27. The van der Waals surface area contributed by atoms with Gasteiger partial charge in [0.15, 0.2) is 0 Å². The van der Waals surface area contributed by atoms with Gasteiger partial charge in [-0.15, -0.1) is 0 Å². The molecule has 0 aliphatic carbocycles. The Morgan fingerprint density at radius 2 is 1.88 bits per heavy atom. The van der Waals surface area contributed by atoms with Gasteiger partial charge < -0.3 is 20.2 Å². The zero-order chi connectivity index (χ0) is 17.8. The maximum Gasteiger partial charge on any atom is 0.128 e. The molecule has 0 saturated carbocycles. The Labute approximate surface area is 149 Å². The second kappa shape index (κ2) is 7.62. The van der Waals surface area contributed by atoms with Gasteiger partial charge in [-0.2, -0.15) is 0 Å². The molecular weight excluding hydrogens is 312 g/mol. The highest BCUT2D eigenvalue weighted by Crippen LogP contribution is 2.39. The third-order valence-corrected chi connectivity index (χ3v) is 4.71. The smallest absolute Gasteiger partial charge is 0.128 e. The molecule has 4 heteroatoms. The van der Waals surface area contributed by atoms with E-state index in [0.29, 0.717) is 0 Å². The molecule has 0 radical (unpaired) electrons. The van der Waals surface area contributed by atoms with Crippen LogP contribution in [0.5, 0.6) is 11.5 Å². The van der Waals surface area contributed by atoms with Crippen molar-refractivity contribution in [3.05, 3.63) is 47.5 Å². The van der Waals surface area contributed by atoms with Crippen molar-refractivity contribution in [2.45, 2.75) is 26.2 Å². The number of H-pyrrole nitrogens is 1. The minimum absolute atomic E-state index is 0.721. The first-order valence-corrected chi connectivity index (χ1v) is 8.72. The molecule has 1 aromatic heterocycles. The Kier molecular flexibility index (Phi) is 5.29. The molecule has 0 fully saturated rings. The van der Waals surface area contributed by atoms with E-state index in [-0.39, 0.29) is 0 Å². The van der Waals surface area contributed by atoms with Crippen LogP contribution in [0, 0.1) is 6.92 Å². The first kappa shape index (κ1) is 17.4. The first-order valence-electron chi connectivity index (χ1n) is 8.72. The van der Waals surface area contributed by atoms with Crippen LogP contribution in [-0.4, -0.2) is 25.7 Å². The van der Waals surface area contributed by atoms with E-state index in [0.717, 1.165) is 48.6 Å². The summed E-state index contributed by atoms with van der Waals surface area (Å²) in [6, 6.07) is 12.3. The molecule has 0 aliphatic heterocycles. The molecule has 25 heavy (non-hydrogen) atoms. The summed E-state index contributed by atoms with van der Waals surface area (Å²) in [7, 11) is 3.39. The van der Waals surface area contributed by atoms with E-state index in [9.17, 15) is 0 Å². The molecule has 1 heterocycles. The summed E-state index contributed by atoms with van der Waals surface area (Å²) in [5.41, 5.74) is 11.6. The van der Waals surface area contributed by atoms with Crippen molar-refractivity contribution in [3.63, 3.8) is 0 Å². The molecule has 0 bridgehead atoms. The number of hydrogen-bond acceptors (Lipinski definition) is 3. The molecule has 0 saturated heterocycles. The number of aryl methyl sites for hydroxylation is 2. The van der Waals surface area contributed by atoms with Crippen LogP contribution >= 0.6 is 0 Å². The maximum absolute atomic E-state index is 5.69. The molecule has 0 aliphatic rings. The lowest BCUT2D eigenvalue weighted by molar-refractivity contribution is 0.404. The molecule has 0 spiro atoms. The predicted octanol–water partition coefficient (Wildman–Crippen LogP) is 4.44. The minimum atomic E-state index is 0.721. The average Bonchev–Trinajstić information content (AvgIpc) is 3.01. The number of para-hydroxylation sites is 1. The fourth-order valence-electron chi connectivity index (χ4n) is 3.37. The fraction of sp³-hybridized carbons (Fsp3) is 0.333. The summed E-state index contributed by atoms with van der Waals surface area (Å²) >= 11 is 0. The Hall–Kier alpha value is -2.46. The number of unbranched alkanes of at least 4 members (excludes halogenated alkanes) is 1. The van der Waals surface area contributed by atoms with Crippen molar-refractivity contribution in [1.82, 2.24) is 4.98 Å². The van der Waals surface area contributed by atoms with E-state index in [2.05, 4.69) is 30.1 Å². The van der Waals surface area contributed by atoms with Gasteiger partial charge in [-0.25, -0.2) is 0 Å². The lowest BCUT2D eigenvalue weighted by Crippen LogP contribution is -1.99. The van der Waals surface area contributed by atoms with Gasteiger partial charge in [0, 0.05) is 16.5 Å². The molecule has 3 aromatic rings. The van der Waals surface area contributed by atoms with E-state index in [4.69, 9.17) is 15.2 Å². The molecule has 2 aromatic carbocycles. The Morgan fingerprint density at radius 1 is 1.04 bits per heavy atom. The fourth-order valence-corrected chi connectivity index (χ4v) is 3.37. The number of rotatable bonds is 7. The quantitative estimate of drug-likeness (QED) is 0.626. The number of aromatic nitrogens is 1. The number of hydrogen-bond donors (Lipinski definition) is 2. The largest absolute Gasteiger partial charge is 0.497 e. The van der Waals surface area contributed by atoms with Crippen LogP contribution in [0.4, 0.5) is 0 Å². The molecule has 4 nitrogen and oxygen atoms in total. The SMILES string of the molecule is COc1ccc(OC)c(-c2[nH]c3c(C)cccc3c2CCCCN)c1. The molecule has 0 atom stereocenters. The number of fused-ring (bicyclic) bond motifs is 1. The number of nitrogens with one attached hydrogen (secondary N) is 1. The van der Waals surface area contributed by atoms with Crippen molar-refractivity contribution in [2.24, 2.45) is 5.73 Å². The van der Waals surface area contributed by atoms with Gasteiger partial charge in [-0.1, -0.05) is 18.2 Å². The van der Waals surface area contributed by atoms with Gasteiger partial charge in [-0.3, -0.25) is 0 Å². The highest BCUT2D eigenvalue weighted by Gasteiger charge is 2.17. The molecule has 0 amide bonds. The summed E-state index contributed by atoms with van der Waals surface area (Å²) in [5.74, 6) is 1.66. The predicted molar refractivity (Wildman–Crippen MR) is 104 cm³/mol. The van der Waals surface area contributed by atoms with Gasteiger partial charge >= 0.3 is 0 Å². The highest BCUT2D eigenvalue weighted by molar-refractivity contribution is 5.93. The third kappa shape index (κ3) is 3.35. The van der Waals surface area contributed by atoms with E-state index >= 15 is 0 Å². The van der Waals surface area contributed by atoms with Gasteiger partial charge in [0.05, 0.1) is 19.9 Å². The van der Waals surface area contributed by atoms with E-state index in [1.54, 1.807) is 14.2 Å². The topological polar surface area (TPSA) is 60.3 Å². The second-order valence-electron chi connectivity index (χ2n) is 6.29. The summed E-state index contributed by atoms with van der Waals surface area (Å²) in [4.78, 5) is 3.63. The van der Waals surface area contributed by atoms with Crippen LogP contribution in [0.2, 0.25) is 0 Å². The monoisotopic (exact) mass is 338 g/mol. The third-order valence-electron chi connectivity index (χ3n) is 4.71.